The van der Waals surface area contributed by atoms with Crippen molar-refractivity contribution >= 4 is 35.0 Å². The topological polar surface area (TPSA) is 38.3 Å². The van der Waals surface area contributed by atoms with Crippen LogP contribution >= 0.6 is 23.4 Å². The fourth-order valence-corrected chi connectivity index (χ4v) is 2.92. The van der Waals surface area contributed by atoms with Gasteiger partial charge < -0.3 is 10.1 Å². The second-order valence-corrected chi connectivity index (χ2v) is 6.85. The lowest BCUT2D eigenvalue weighted by atomic mass is 10.1. The molecule has 0 fully saturated rings. The summed E-state index contributed by atoms with van der Waals surface area (Å²) in [7, 11) is 0. The lowest BCUT2D eigenvalue weighted by molar-refractivity contribution is -0.113. The van der Waals surface area contributed by atoms with Crippen molar-refractivity contribution in [2.24, 2.45) is 0 Å². The maximum atomic E-state index is 11.9. The van der Waals surface area contributed by atoms with Crippen LogP contribution in [-0.4, -0.2) is 24.0 Å². The third kappa shape index (κ3) is 6.85. The predicted molar refractivity (Wildman–Crippen MR) is 103 cm³/mol. The van der Waals surface area contributed by atoms with Crippen LogP contribution in [0.3, 0.4) is 0 Å². The first-order valence-electron chi connectivity index (χ1n) is 8.02. The van der Waals surface area contributed by atoms with Crippen LogP contribution < -0.4 is 10.1 Å². The molecule has 3 nitrogen and oxygen atoms in total. The molecule has 0 unspecified atom stereocenters. The average Bonchev–Trinajstić information content (AvgIpc) is 2.60. The zero-order valence-corrected chi connectivity index (χ0v) is 15.3. The number of carbonyl (C=O) groups excluding carboxylic acids is 1. The van der Waals surface area contributed by atoms with E-state index in [9.17, 15) is 4.79 Å². The number of carbonyl (C=O) groups is 1. The van der Waals surface area contributed by atoms with E-state index in [1.54, 1.807) is 11.8 Å². The Kier molecular flexibility index (Phi) is 7.99. The Morgan fingerprint density at radius 2 is 1.83 bits per heavy atom. The Balaban J connectivity index is 1.56. The second-order valence-electron chi connectivity index (χ2n) is 5.31. The molecule has 0 saturated heterocycles. The van der Waals surface area contributed by atoms with Gasteiger partial charge in [0.2, 0.25) is 5.91 Å². The Morgan fingerprint density at radius 1 is 1.12 bits per heavy atom. The molecule has 1 N–H and O–H groups in total. The molecular weight excluding hydrogens is 342 g/mol. The number of anilines is 1. The molecule has 0 aliphatic rings. The standard InChI is InChI=1S/C19H22ClNO2S/c1-2-15-4-8-17(9-5-15)21-19(22)14-24-13-3-12-23-18-10-6-16(20)7-11-18/h4-11H,2-3,12-14H2,1H3,(H,21,22). The van der Waals surface area contributed by atoms with E-state index >= 15 is 0 Å². The number of nitrogens with one attached hydrogen (secondary N) is 1. The van der Waals surface area contributed by atoms with Gasteiger partial charge in [0.1, 0.15) is 5.75 Å². The maximum Gasteiger partial charge on any atom is 0.234 e. The lowest BCUT2D eigenvalue weighted by Crippen LogP contribution is -2.14. The summed E-state index contributed by atoms with van der Waals surface area (Å²) in [6.45, 7) is 2.75. The Hall–Kier alpha value is -1.65. The number of rotatable bonds is 9. The molecule has 2 aromatic carbocycles. The van der Waals surface area contributed by atoms with Gasteiger partial charge in [-0.25, -0.2) is 0 Å². The van der Waals surface area contributed by atoms with E-state index in [2.05, 4.69) is 12.2 Å². The Morgan fingerprint density at radius 3 is 2.50 bits per heavy atom. The number of halogens is 1. The molecule has 0 spiro atoms. The monoisotopic (exact) mass is 363 g/mol. The van der Waals surface area contributed by atoms with Crippen molar-refractivity contribution in [2.75, 3.05) is 23.4 Å². The second kappa shape index (κ2) is 10.3. The molecule has 0 saturated carbocycles. The van der Waals surface area contributed by atoms with Crippen molar-refractivity contribution < 1.29 is 9.53 Å². The summed E-state index contributed by atoms with van der Waals surface area (Å²) >= 11 is 7.43. The summed E-state index contributed by atoms with van der Waals surface area (Å²) in [6, 6.07) is 15.3. The number of hydrogen-bond donors (Lipinski definition) is 1. The minimum absolute atomic E-state index is 0.0304. The molecule has 128 valence electrons. The molecule has 5 heteroatoms. The zero-order valence-electron chi connectivity index (χ0n) is 13.8. The van der Waals surface area contributed by atoms with Crippen LogP contribution in [0, 0.1) is 0 Å². The van der Waals surface area contributed by atoms with E-state index in [4.69, 9.17) is 16.3 Å². The van der Waals surface area contributed by atoms with Crippen LogP contribution in [0.15, 0.2) is 48.5 Å². The first-order chi connectivity index (χ1) is 11.7. The van der Waals surface area contributed by atoms with Gasteiger partial charge in [-0.05, 0) is 60.6 Å². The molecular formula is C19H22ClNO2S. The van der Waals surface area contributed by atoms with Gasteiger partial charge in [0.15, 0.2) is 0 Å². The molecule has 0 aliphatic carbocycles. The van der Waals surface area contributed by atoms with E-state index in [1.165, 1.54) is 5.56 Å². The summed E-state index contributed by atoms with van der Waals surface area (Å²) in [5.74, 6) is 2.19. The van der Waals surface area contributed by atoms with Gasteiger partial charge in [-0.1, -0.05) is 30.7 Å². The first-order valence-corrected chi connectivity index (χ1v) is 9.55. The molecule has 2 aromatic rings. The molecule has 24 heavy (non-hydrogen) atoms. The summed E-state index contributed by atoms with van der Waals surface area (Å²) in [6.07, 6.45) is 1.90. The van der Waals surface area contributed by atoms with Crippen molar-refractivity contribution in [3.63, 3.8) is 0 Å². The normalized spacial score (nSPS) is 10.4. The molecule has 0 aromatic heterocycles. The van der Waals surface area contributed by atoms with Crippen LogP contribution in [0.1, 0.15) is 18.9 Å². The number of benzene rings is 2. The number of amides is 1. The molecule has 2 rings (SSSR count). The van der Waals surface area contributed by atoms with Crippen molar-refractivity contribution in [3.05, 3.63) is 59.1 Å². The average molecular weight is 364 g/mol. The maximum absolute atomic E-state index is 11.9. The van der Waals surface area contributed by atoms with Gasteiger partial charge in [-0.3, -0.25) is 4.79 Å². The summed E-state index contributed by atoms with van der Waals surface area (Å²) in [5, 5.41) is 3.61. The largest absolute Gasteiger partial charge is 0.494 e. The van der Waals surface area contributed by atoms with E-state index in [-0.39, 0.29) is 5.91 Å². The quantitative estimate of drug-likeness (QED) is 0.634. The van der Waals surface area contributed by atoms with Crippen LogP contribution in [0.2, 0.25) is 5.02 Å². The van der Waals surface area contributed by atoms with Crippen molar-refractivity contribution in [1.29, 1.82) is 0 Å². The van der Waals surface area contributed by atoms with Gasteiger partial charge in [-0.15, -0.1) is 0 Å². The third-order valence-corrected chi connectivity index (χ3v) is 4.69. The molecule has 0 heterocycles. The Bertz CT molecular complexity index is 629. The van der Waals surface area contributed by atoms with E-state index in [1.807, 2.05) is 48.5 Å². The minimum atomic E-state index is 0.0304. The van der Waals surface area contributed by atoms with Gasteiger partial charge in [-0.2, -0.15) is 11.8 Å². The molecule has 0 aliphatic heterocycles. The first kappa shape index (κ1) is 18.7. The van der Waals surface area contributed by atoms with E-state index in [0.29, 0.717) is 17.4 Å². The molecule has 0 radical (unpaired) electrons. The molecule has 1 amide bonds. The number of ether oxygens (including phenoxy) is 1. The fourth-order valence-electron chi connectivity index (χ4n) is 2.07. The highest BCUT2D eigenvalue weighted by atomic mass is 35.5. The van der Waals surface area contributed by atoms with Gasteiger partial charge in [0, 0.05) is 10.7 Å². The zero-order chi connectivity index (χ0) is 17.2. The van der Waals surface area contributed by atoms with Gasteiger partial charge >= 0.3 is 0 Å². The van der Waals surface area contributed by atoms with Crippen LogP contribution in [-0.2, 0) is 11.2 Å². The minimum Gasteiger partial charge on any atom is -0.494 e. The highest BCUT2D eigenvalue weighted by molar-refractivity contribution is 7.99. The highest BCUT2D eigenvalue weighted by Crippen LogP contribution is 2.16. The SMILES string of the molecule is CCc1ccc(NC(=O)CSCCCOc2ccc(Cl)cc2)cc1. The van der Waals surface area contributed by atoms with Crippen molar-refractivity contribution in [3.8, 4) is 5.75 Å². The number of aryl methyl sites for hydroxylation is 1. The number of hydrogen-bond acceptors (Lipinski definition) is 3. The highest BCUT2D eigenvalue weighted by Gasteiger charge is 2.03. The molecule has 0 atom stereocenters. The van der Waals surface area contributed by atoms with Gasteiger partial charge in [0.25, 0.3) is 0 Å². The van der Waals surface area contributed by atoms with E-state index in [0.717, 1.165) is 30.0 Å². The fraction of sp³-hybridized carbons (Fsp3) is 0.316. The van der Waals surface area contributed by atoms with Gasteiger partial charge in [0.05, 0.1) is 12.4 Å². The summed E-state index contributed by atoms with van der Waals surface area (Å²) < 4.78 is 5.61. The van der Waals surface area contributed by atoms with Crippen molar-refractivity contribution in [1.82, 2.24) is 0 Å². The summed E-state index contributed by atoms with van der Waals surface area (Å²) in [4.78, 5) is 11.9. The lowest BCUT2D eigenvalue weighted by Gasteiger charge is -2.07. The Labute approximate surface area is 152 Å². The number of thioether (sulfide) groups is 1. The van der Waals surface area contributed by atoms with Crippen LogP contribution in [0.4, 0.5) is 5.69 Å². The molecule has 0 bridgehead atoms. The predicted octanol–water partition coefficient (Wildman–Crippen LogP) is 5.04. The summed E-state index contributed by atoms with van der Waals surface area (Å²) in [5.41, 5.74) is 2.12. The van der Waals surface area contributed by atoms with E-state index < -0.39 is 0 Å². The smallest absolute Gasteiger partial charge is 0.234 e. The van der Waals surface area contributed by atoms with Crippen molar-refractivity contribution in [2.45, 2.75) is 19.8 Å². The third-order valence-electron chi connectivity index (χ3n) is 3.39. The van der Waals surface area contributed by atoms with Crippen LogP contribution in [0.5, 0.6) is 5.75 Å². The van der Waals surface area contributed by atoms with Crippen LogP contribution in [0.25, 0.3) is 0 Å².